The zero-order chi connectivity index (χ0) is 23.0. The minimum Gasteiger partial charge on any atom is -0.497 e. The number of carbonyl (C=O) groups is 1. The van der Waals surface area contributed by atoms with Crippen LogP contribution in [0.15, 0.2) is 77.7 Å². The number of nitrogens with one attached hydrogen (secondary N) is 2. The Morgan fingerprint density at radius 1 is 0.906 bits per heavy atom. The Morgan fingerprint density at radius 2 is 1.69 bits per heavy atom. The lowest BCUT2D eigenvalue weighted by Gasteiger charge is -2.11. The van der Waals surface area contributed by atoms with E-state index in [1.165, 1.54) is 12.1 Å². The lowest BCUT2D eigenvalue weighted by atomic mass is 10.1. The van der Waals surface area contributed by atoms with E-state index in [0.29, 0.717) is 24.5 Å². The van der Waals surface area contributed by atoms with Gasteiger partial charge in [0.2, 0.25) is 10.0 Å². The van der Waals surface area contributed by atoms with E-state index in [1.807, 2.05) is 42.5 Å². The molecule has 0 aliphatic rings. The molecule has 0 heterocycles. The van der Waals surface area contributed by atoms with Crippen LogP contribution in [0.25, 0.3) is 0 Å². The van der Waals surface area contributed by atoms with E-state index >= 15 is 0 Å². The van der Waals surface area contributed by atoms with Gasteiger partial charge in [0.25, 0.3) is 5.91 Å². The lowest BCUT2D eigenvalue weighted by Crippen LogP contribution is -2.27. The molecule has 0 aromatic heterocycles. The smallest absolute Gasteiger partial charge is 0.251 e. The molecule has 2 N–H and O–H groups in total. The van der Waals surface area contributed by atoms with Crippen LogP contribution in [0.2, 0.25) is 0 Å². The molecule has 7 nitrogen and oxygen atoms in total. The van der Waals surface area contributed by atoms with Crippen molar-refractivity contribution in [2.45, 2.75) is 17.9 Å². The number of amides is 1. The van der Waals surface area contributed by atoms with E-state index in [0.717, 1.165) is 11.1 Å². The Kier molecular flexibility index (Phi) is 7.86. The van der Waals surface area contributed by atoms with Crippen LogP contribution in [0.3, 0.4) is 0 Å². The molecule has 0 saturated heterocycles. The van der Waals surface area contributed by atoms with Gasteiger partial charge in [-0.15, -0.1) is 0 Å². The number of sulfonamides is 1. The van der Waals surface area contributed by atoms with Crippen molar-refractivity contribution in [2.75, 3.05) is 20.8 Å². The first kappa shape index (κ1) is 23.3. The fourth-order valence-corrected chi connectivity index (χ4v) is 4.20. The van der Waals surface area contributed by atoms with Gasteiger partial charge in [-0.1, -0.05) is 42.5 Å². The summed E-state index contributed by atoms with van der Waals surface area (Å²) in [5.74, 6) is 1.02. The zero-order valence-corrected chi connectivity index (χ0v) is 18.8. The third-order valence-corrected chi connectivity index (χ3v) is 6.29. The highest BCUT2D eigenvalue weighted by molar-refractivity contribution is 7.89. The van der Waals surface area contributed by atoms with Gasteiger partial charge < -0.3 is 14.8 Å². The molecule has 0 fully saturated rings. The Bertz CT molecular complexity index is 1160. The van der Waals surface area contributed by atoms with Crippen molar-refractivity contribution in [2.24, 2.45) is 0 Å². The number of methoxy groups -OCH3 is 2. The van der Waals surface area contributed by atoms with Gasteiger partial charge in [-0.3, -0.25) is 4.79 Å². The third kappa shape index (κ3) is 6.09. The summed E-state index contributed by atoms with van der Waals surface area (Å²) in [6.45, 7) is 0.536. The number of benzene rings is 3. The van der Waals surface area contributed by atoms with Gasteiger partial charge in [0.05, 0.1) is 19.1 Å². The van der Waals surface area contributed by atoms with Crippen molar-refractivity contribution in [3.63, 3.8) is 0 Å². The molecule has 3 rings (SSSR count). The van der Waals surface area contributed by atoms with Crippen LogP contribution in [0.5, 0.6) is 11.5 Å². The van der Waals surface area contributed by atoms with Crippen molar-refractivity contribution >= 4 is 15.9 Å². The molecular formula is C24H26N2O5S. The average molecular weight is 455 g/mol. The summed E-state index contributed by atoms with van der Waals surface area (Å²) in [5, 5.41) is 2.82. The summed E-state index contributed by atoms with van der Waals surface area (Å²) in [6, 6.07) is 20.7. The van der Waals surface area contributed by atoms with Crippen LogP contribution in [-0.2, 0) is 23.0 Å². The van der Waals surface area contributed by atoms with Crippen molar-refractivity contribution < 1.29 is 22.7 Å². The van der Waals surface area contributed by atoms with E-state index in [9.17, 15) is 13.2 Å². The molecule has 0 radical (unpaired) electrons. The molecule has 0 bridgehead atoms. The Labute approximate surface area is 188 Å². The molecule has 0 aliphatic heterocycles. The van der Waals surface area contributed by atoms with E-state index in [1.54, 1.807) is 32.4 Å². The van der Waals surface area contributed by atoms with Gasteiger partial charge in [-0.05, 0) is 41.8 Å². The Morgan fingerprint density at radius 3 is 2.41 bits per heavy atom. The molecule has 1 amide bonds. The summed E-state index contributed by atoms with van der Waals surface area (Å²) in [6.07, 6.45) is 0.551. The highest BCUT2D eigenvalue weighted by Crippen LogP contribution is 2.24. The third-order valence-electron chi connectivity index (χ3n) is 4.89. The molecule has 0 atom stereocenters. The fraction of sp³-hybridized carbons (Fsp3) is 0.208. The van der Waals surface area contributed by atoms with Crippen LogP contribution in [-0.4, -0.2) is 35.1 Å². The number of hydrogen-bond donors (Lipinski definition) is 2. The van der Waals surface area contributed by atoms with E-state index < -0.39 is 10.0 Å². The molecule has 32 heavy (non-hydrogen) atoms. The lowest BCUT2D eigenvalue weighted by molar-refractivity contribution is 0.0954. The molecule has 168 valence electrons. The van der Waals surface area contributed by atoms with E-state index in [-0.39, 0.29) is 22.9 Å². The molecule has 0 unspecified atom stereocenters. The topological polar surface area (TPSA) is 93.7 Å². The second kappa shape index (κ2) is 10.8. The minimum absolute atomic E-state index is 0.0397. The van der Waals surface area contributed by atoms with Crippen molar-refractivity contribution in [3.05, 3.63) is 89.5 Å². The number of carbonyl (C=O) groups excluding carboxylic acids is 1. The molecule has 0 aliphatic carbocycles. The summed E-state index contributed by atoms with van der Waals surface area (Å²) in [4.78, 5) is 12.6. The van der Waals surface area contributed by atoms with Crippen molar-refractivity contribution in [3.8, 4) is 11.5 Å². The minimum atomic E-state index is -3.75. The molecule has 3 aromatic carbocycles. The van der Waals surface area contributed by atoms with Crippen LogP contribution in [0.1, 0.15) is 21.5 Å². The second-order valence-corrected chi connectivity index (χ2v) is 8.79. The summed E-state index contributed by atoms with van der Waals surface area (Å²) in [5.41, 5.74) is 2.04. The fourth-order valence-electron chi connectivity index (χ4n) is 3.13. The first-order valence-corrected chi connectivity index (χ1v) is 11.5. The monoisotopic (exact) mass is 454 g/mol. The van der Waals surface area contributed by atoms with Gasteiger partial charge in [-0.25, -0.2) is 13.1 Å². The van der Waals surface area contributed by atoms with E-state index in [2.05, 4.69) is 10.0 Å². The van der Waals surface area contributed by atoms with E-state index in [4.69, 9.17) is 9.47 Å². The Hall–Kier alpha value is -3.36. The van der Waals surface area contributed by atoms with Gasteiger partial charge in [0, 0.05) is 24.7 Å². The van der Waals surface area contributed by atoms with Gasteiger partial charge in [-0.2, -0.15) is 0 Å². The summed E-state index contributed by atoms with van der Waals surface area (Å²) >= 11 is 0. The van der Waals surface area contributed by atoms with Gasteiger partial charge in [0.1, 0.15) is 11.5 Å². The average Bonchev–Trinajstić information content (AvgIpc) is 2.83. The van der Waals surface area contributed by atoms with Crippen LogP contribution < -0.4 is 19.5 Å². The second-order valence-electron chi connectivity index (χ2n) is 7.02. The quantitative estimate of drug-likeness (QED) is 0.491. The summed E-state index contributed by atoms with van der Waals surface area (Å²) in [7, 11) is -0.591. The van der Waals surface area contributed by atoms with Crippen molar-refractivity contribution in [1.29, 1.82) is 0 Å². The molecule has 0 saturated carbocycles. The normalized spacial score (nSPS) is 11.1. The molecular weight excluding hydrogens is 428 g/mol. The number of rotatable bonds is 10. The van der Waals surface area contributed by atoms with Crippen molar-refractivity contribution in [1.82, 2.24) is 10.0 Å². The molecule has 3 aromatic rings. The van der Waals surface area contributed by atoms with Gasteiger partial charge >= 0.3 is 0 Å². The predicted octanol–water partition coefficient (Wildman–Crippen LogP) is 3.15. The maximum atomic E-state index is 12.6. The SMILES string of the molecule is COc1ccc(CCNC(=O)c2cccc(S(=O)(=O)NCc3ccccc3)c2)c(OC)c1. The summed E-state index contributed by atoms with van der Waals surface area (Å²) < 4.78 is 38.4. The standard InChI is InChI=1S/C24H26N2O5S/c1-30-21-12-11-19(23(16-21)31-2)13-14-25-24(27)20-9-6-10-22(15-20)32(28,29)26-17-18-7-4-3-5-8-18/h3-12,15-16,26H,13-14,17H2,1-2H3,(H,25,27). The first-order valence-electron chi connectivity index (χ1n) is 10.1. The largest absolute Gasteiger partial charge is 0.497 e. The maximum absolute atomic E-state index is 12.6. The molecule has 0 spiro atoms. The zero-order valence-electron chi connectivity index (χ0n) is 18.0. The Balaban J connectivity index is 1.61. The number of ether oxygens (including phenoxy) is 2. The van der Waals surface area contributed by atoms with Crippen LogP contribution in [0.4, 0.5) is 0 Å². The van der Waals surface area contributed by atoms with Gasteiger partial charge in [0.15, 0.2) is 0 Å². The van der Waals surface area contributed by atoms with Crippen LogP contribution >= 0.6 is 0 Å². The van der Waals surface area contributed by atoms with Crippen LogP contribution in [0, 0.1) is 0 Å². The maximum Gasteiger partial charge on any atom is 0.251 e. The predicted molar refractivity (Wildman–Crippen MR) is 122 cm³/mol. The number of hydrogen-bond acceptors (Lipinski definition) is 5. The first-order chi connectivity index (χ1) is 15.4. The molecule has 8 heteroatoms. The highest BCUT2D eigenvalue weighted by Gasteiger charge is 2.16. The highest BCUT2D eigenvalue weighted by atomic mass is 32.2.